The number of amides is 1. The van der Waals surface area contributed by atoms with Gasteiger partial charge in [0, 0.05) is 18.6 Å². The van der Waals surface area contributed by atoms with Gasteiger partial charge in [-0.05, 0) is 20.3 Å². The Balaban J connectivity index is 2.12. The summed E-state index contributed by atoms with van der Waals surface area (Å²) in [6.45, 7) is 6.15. The van der Waals surface area contributed by atoms with Crippen LogP contribution in [0.15, 0.2) is 0 Å². The van der Waals surface area contributed by atoms with Gasteiger partial charge in [0.05, 0.1) is 6.61 Å². The molecule has 4 heteroatoms. The van der Waals surface area contributed by atoms with Crippen LogP contribution in [0.3, 0.4) is 0 Å². The first-order valence-corrected chi connectivity index (χ1v) is 4.73. The molecule has 1 atom stereocenters. The second-order valence-electron chi connectivity index (χ2n) is 3.76. The van der Waals surface area contributed by atoms with E-state index in [9.17, 15) is 4.79 Å². The predicted octanol–water partition coefficient (Wildman–Crippen LogP) is -0.0290. The van der Waals surface area contributed by atoms with Crippen molar-refractivity contribution in [1.82, 2.24) is 4.90 Å². The van der Waals surface area contributed by atoms with Gasteiger partial charge in [0.1, 0.15) is 6.61 Å². The van der Waals surface area contributed by atoms with Crippen LogP contribution in [0.25, 0.3) is 0 Å². The minimum absolute atomic E-state index is 0.0441. The van der Waals surface area contributed by atoms with Gasteiger partial charge in [0.15, 0.2) is 0 Å². The zero-order valence-corrected chi connectivity index (χ0v) is 8.32. The monoisotopic (exact) mass is 186 g/mol. The van der Waals surface area contributed by atoms with Gasteiger partial charge in [0.25, 0.3) is 0 Å². The van der Waals surface area contributed by atoms with Crippen molar-refractivity contribution >= 4 is 5.91 Å². The number of nitrogens with zero attached hydrogens (tertiary/aromatic N) is 1. The molecule has 0 aromatic carbocycles. The van der Waals surface area contributed by atoms with Crippen molar-refractivity contribution in [1.29, 1.82) is 0 Å². The fourth-order valence-electron chi connectivity index (χ4n) is 1.62. The largest absolute Gasteiger partial charge is 0.370 e. The van der Waals surface area contributed by atoms with Crippen LogP contribution < -0.4 is 5.73 Å². The van der Waals surface area contributed by atoms with Gasteiger partial charge in [-0.1, -0.05) is 0 Å². The maximum Gasteiger partial charge on any atom is 0.243 e. The Morgan fingerprint density at radius 3 is 2.77 bits per heavy atom. The van der Waals surface area contributed by atoms with E-state index in [-0.39, 0.29) is 6.61 Å². The van der Waals surface area contributed by atoms with Gasteiger partial charge in [-0.25, -0.2) is 0 Å². The van der Waals surface area contributed by atoms with E-state index >= 15 is 0 Å². The molecule has 76 valence electrons. The molecule has 1 heterocycles. The van der Waals surface area contributed by atoms with Crippen molar-refractivity contribution in [3.63, 3.8) is 0 Å². The molecule has 0 radical (unpaired) electrons. The zero-order valence-electron chi connectivity index (χ0n) is 8.32. The lowest BCUT2D eigenvalue weighted by molar-refractivity contribution is -0.124. The van der Waals surface area contributed by atoms with Crippen LogP contribution in [0, 0.1) is 0 Å². The van der Waals surface area contributed by atoms with E-state index in [2.05, 4.69) is 18.7 Å². The fraction of sp³-hybridized carbons (Fsp3) is 0.889. The van der Waals surface area contributed by atoms with Gasteiger partial charge in [0.2, 0.25) is 5.91 Å². The Hall–Kier alpha value is -0.610. The molecule has 1 saturated heterocycles. The van der Waals surface area contributed by atoms with Crippen LogP contribution >= 0.6 is 0 Å². The summed E-state index contributed by atoms with van der Waals surface area (Å²) in [6, 6.07) is 1.05. The SMILES string of the molecule is CC(C)N1CCC1COCC(N)=O. The van der Waals surface area contributed by atoms with Crippen LogP contribution in [0.4, 0.5) is 0 Å². The number of likely N-dealkylation sites (tertiary alicyclic amines) is 1. The van der Waals surface area contributed by atoms with E-state index in [1.54, 1.807) is 0 Å². The van der Waals surface area contributed by atoms with E-state index in [1.807, 2.05) is 0 Å². The summed E-state index contributed by atoms with van der Waals surface area (Å²) < 4.78 is 5.16. The van der Waals surface area contributed by atoms with E-state index < -0.39 is 5.91 Å². The van der Waals surface area contributed by atoms with E-state index in [0.29, 0.717) is 18.7 Å². The average Bonchev–Trinajstić information content (AvgIpc) is 1.93. The minimum atomic E-state index is -0.393. The summed E-state index contributed by atoms with van der Waals surface area (Å²) in [6.07, 6.45) is 1.16. The van der Waals surface area contributed by atoms with E-state index in [0.717, 1.165) is 13.0 Å². The van der Waals surface area contributed by atoms with E-state index in [4.69, 9.17) is 10.5 Å². The maximum absolute atomic E-state index is 10.4. The van der Waals surface area contributed by atoms with Crippen molar-refractivity contribution in [2.45, 2.75) is 32.4 Å². The van der Waals surface area contributed by atoms with Gasteiger partial charge >= 0.3 is 0 Å². The summed E-state index contributed by atoms with van der Waals surface area (Å²) in [7, 11) is 0. The maximum atomic E-state index is 10.4. The van der Waals surface area contributed by atoms with Crippen LogP contribution in [0.2, 0.25) is 0 Å². The standard InChI is InChI=1S/C9H18N2O2/c1-7(2)11-4-3-8(11)5-13-6-9(10)12/h7-8H,3-6H2,1-2H3,(H2,10,12). The number of rotatable bonds is 5. The lowest BCUT2D eigenvalue weighted by Gasteiger charge is -2.43. The Morgan fingerprint density at radius 2 is 2.38 bits per heavy atom. The second-order valence-corrected chi connectivity index (χ2v) is 3.76. The van der Waals surface area contributed by atoms with Crippen LogP contribution in [-0.2, 0) is 9.53 Å². The Morgan fingerprint density at radius 1 is 1.69 bits per heavy atom. The first-order valence-electron chi connectivity index (χ1n) is 4.73. The lowest BCUT2D eigenvalue weighted by Crippen LogP contribution is -2.53. The van der Waals surface area contributed by atoms with Crippen molar-refractivity contribution in [2.75, 3.05) is 19.8 Å². The molecular formula is C9H18N2O2. The Kier molecular flexibility index (Phi) is 3.69. The lowest BCUT2D eigenvalue weighted by atomic mass is 10.0. The molecule has 1 amide bonds. The fourth-order valence-corrected chi connectivity index (χ4v) is 1.62. The van der Waals surface area contributed by atoms with Gasteiger partial charge in [-0.2, -0.15) is 0 Å². The van der Waals surface area contributed by atoms with Gasteiger partial charge < -0.3 is 10.5 Å². The van der Waals surface area contributed by atoms with Crippen LogP contribution in [-0.4, -0.2) is 42.6 Å². The predicted molar refractivity (Wildman–Crippen MR) is 50.3 cm³/mol. The summed E-state index contributed by atoms with van der Waals surface area (Å²) in [5, 5.41) is 0. The number of ether oxygens (including phenoxy) is 1. The molecule has 0 saturated carbocycles. The molecular weight excluding hydrogens is 168 g/mol. The molecule has 4 nitrogen and oxygen atoms in total. The molecule has 1 aliphatic heterocycles. The molecule has 1 rings (SSSR count). The van der Waals surface area contributed by atoms with Crippen LogP contribution in [0.5, 0.6) is 0 Å². The average molecular weight is 186 g/mol. The molecule has 0 spiro atoms. The third kappa shape index (κ3) is 2.97. The molecule has 13 heavy (non-hydrogen) atoms. The molecule has 1 unspecified atom stereocenters. The third-order valence-corrected chi connectivity index (χ3v) is 2.41. The molecule has 2 N–H and O–H groups in total. The number of hydrogen-bond donors (Lipinski definition) is 1. The molecule has 0 aliphatic carbocycles. The highest BCUT2D eigenvalue weighted by atomic mass is 16.5. The first-order chi connectivity index (χ1) is 6.11. The van der Waals surface area contributed by atoms with Crippen molar-refractivity contribution in [3.8, 4) is 0 Å². The summed E-state index contributed by atoms with van der Waals surface area (Å²) >= 11 is 0. The summed E-state index contributed by atoms with van der Waals surface area (Å²) in [4.78, 5) is 12.7. The number of hydrogen-bond acceptors (Lipinski definition) is 3. The highest BCUT2D eigenvalue weighted by Crippen LogP contribution is 2.20. The normalized spacial score (nSPS) is 23.2. The number of carbonyl (C=O) groups is 1. The molecule has 1 fully saturated rings. The molecule has 0 bridgehead atoms. The summed E-state index contributed by atoms with van der Waals surface area (Å²) in [5.41, 5.74) is 4.96. The number of primary amides is 1. The summed E-state index contributed by atoms with van der Waals surface area (Å²) in [5.74, 6) is -0.393. The Labute approximate surface area is 79.0 Å². The molecule has 0 aromatic rings. The molecule has 1 aliphatic rings. The molecule has 0 aromatic heterocycles. The second kappa shape index (κ2) is 4.58. The topological polar surface area (TPSA) is 55.6 Å². The van der Waals surface area contributed by atoms with Crippen molar-refractivity contribution in [3.05, 3.63) is 0 Å². The van der Waals surface area contributed by atoms with E-state index in [1.165, 1.54) is 0 Å². The van der Waals surface area contributed by atoms with Crippen molar-refractivity contribution in [2.24, 2.45) is 5.73 Å². The minimum Gasteiger partial charge on any atom is -0.370 e. The highest BCUT2D eigenvalue weighted by molar-refractivity contribution is 5.74. The smallest absolute Gasteiger partial charge is 0.243 e. The number of carbonyl (C=O) groups excluding carboxylic acids is 1. The van der Waals surface area contributed by atoms with Crippen LogP contribution in [0.1, 0.15) is 20.3 Å². The first kappa shape index (κ1) is 10.5. The van der Waals surface area contributed by atoms with Crippen molar-refractivity contribution < 1.29 is 9.53 Å². The van der Waals surface area contributed by atoms with Gasteiger partial charge in [-0.3, -0.25) is 9.69 Å². The third-order valence-electron chi connectivity index (χ3n) is 2.41. The zero-order chi connectivity index (χ0) is 9.84. The highest BCUT2D eigenvalue weighted by Gasteiger charge is 2.29. The van der Waals surface area contributed by atoms with Gasteiger partial charge in [-0.15, -0.1) is 0 Å². The Bertz CT molecular complexity index is 182. The number of nitrogens with two attached hydrogens (primary N) is 1. The quantitative estimate of drug-likeness (QED) is 0.656.